The Bertz CT molecular complexity index is 577. The van der Waals surface area contributed by atoms with E-state index >= 15 is 0 Å². The molecule has 3 rings (SSSR count). The molecule has 0 radical (unpaired) electrons. The number of carbonyl (C=O) groups is 1. The number of hydrogen-bond donors (Lipinski definition) is 1. The molecule has 0 spiro atoms. The minimum absolute atomic E-state index is 0.158. The molecule has 6 heteroatoms. The second kappa shape index (κ2) is 6.51. The first-order chi connectivity index (χ1) is 11.1. The van der Waals surface area contributed by atoms with Crippen LogP contribution in [0.15, 0.2) is 17.7 Å². The molecule has 2 fully saturated rings. The zero-order chi connectivity index (χ0) is 16.4. The quantitative estimate of drug-likeness (QED) is 0.816. The van der Waals surface area contributed by atoms with Gasteiger partial charge in [0.1, 0.15) is 5.41 Å². The molecule has 2 aliphatic carbocycles. The molecule has 126 valence electrons. The van der Waals surface area contributed by atoms with Crippen LogP contribution in [0.2, 0.25) is 0 Å². The SMILES string of the molecule is CC1CCC(n2cnc(C3(C(=O)N=O)CC3CCCN)c2)CC1. The first-order valence-corrected chi connectivity index (χ1v) is 8.73. The highest BCUT2D eigenvalue weighted by Gasteiger charge is 2.62. The van der Waals surface area contributed by atoms with Crippen LogP contribution in [0, 0.1) is 16.7 Å². The van der Waals surface area contributed by atoms with Gasteiger partial charge in [0.05, 0.1) is 12.0 Å². The summed E-state index contributed by atoms with van der Waals surface area (Å²) in [4.78, 5) is 27.5. The number of aromatic nitrogens is 2. The predicted octanol–water partition coefficient (Wildman–Crippen LogP) is 2.92. The molecular formula is C17H26N4O2. The second-order valence-electron chi connectivity index (χ2n) is 7.32. The molecule has 0 aromatic carbocycles. The number of rotatable bonds is 6. The smallest absolute Gasteiger partial charge is 0.298 e. The van der Waals surface area contributed by atoms with Crippen molar-refractivity contribution in [3.63, 3.8) is 0 Å². The fourth-order valence-electron chi connectivity index (χ4n) is 4.12. The summed E-state index contributed by atoms with van der Waals surface area (Å²) in [6.07, 6.45) is 11.0. The van der Waals surface area contributed by atoms with Gasteiger partial charge in [0, 0.05) is 17.4 Å². The van der Waals surface area contributed by atoms with Crippen LogP contribution in [0.1, 0.15) is 63.6 Å². The number of nitrogens with two attached hydrogens (primary N) is 1. The van der Waals surface area contributed by atoms with Crippen molar-refractivity contribution in [2.45, 2.75) is 63.3 Å². The molecule has 2 saturated carbocycles. The summed E-state index contributed by atoms with van der Waals surface area (Å²) in [6.45, 7) is 2.90. The Labute approximate surface area is 136 Å². The van der Waals surface area contributed by atoms with E-state index in [-0.39, 0.29) is 5.92 Å². The average molecular weight is 318 g/mol. The second-order valence-corrected chi connectivity index (χ2v) is 7.32. The third-order valence-electron chi connectivity index (χ3n) is 5.79. The lowest BCUT2D eigenvalue weighted by molar-refractivity contribution is -0.120. The Balaban J connectivity index is 1.77. The Morgan fingerprint density at radius 3 is 2.83 bits per heavy atom. The van der Waals surface area contributed by atoms with Crippen LogP contribution in [0.4, 0.5) is 0 Å². The average Bonchev–Trinajstić information content (AvgIpc) is 3.09. The monoisotopic (exact) mass is 318 g/mol. The summed E-state index contributed by atoms with van der Waals surface area (Å²) in [7, 11) is 0. The van der Waals surface area contributed by atoms with Gasteiger partial charge in [-0.1, -0.05) is 6.92 Å². The van der Waals surface area contributed by atoms with Crippen molar-refractivity contribution >= 4 is 5.91 Å². The van der Waals surface area contributed by atoms with E-state index in [2.05, 4.69) is 21.7 Å². The molecule has 1 aromatic rings. The molecule has 0 bridgehead atoms. The molecule has 2 N–H and O–H groups in total. The third-order valence-corrected chi connectivity index (χ3v) is 5.79. The molecule has 6 nitrogen and oxygen atoms in total. The maximum absolute atomic E-state index is 12.1. The van der Waals surface area contributed by atoms with Gasteiger partial charge < -0.3 is 10.3 Å². The van der Waals surface area contributed by atoms with E-state index in [1.807, 2.05) is 12.5 Å². The summed E-state index contributed by atoms with van der Waals surface area (Å²) in [5.41, 5.74) is 5.51. The molecule has 1 aromatic heterocycles. The first-order valence-electron chi connectivity index (χ1n) is 8.73. The van der Waals surface area contributed by atoms with Gasteiger partial charge >= 0.3 is 0 Å². The fraction of sp³-hybridized carbons (Fsp3) is 0.765. The summed E-state index contributed by atoms with van der Waals surface area (Å²) in [5, 5.41) is 2.72. The lowest BCUT2D eigenvalue weighted by Gasteiger charge is -2.27. The molecule has 2 atom stereocenters. The van der Waals surface area contributed by atoms with Crippen molar-refractivity contribution < 1.29 is 4.79 Å². The maximum Gasteiger partial charge on any atom is 0.298 e. The van der Waals surface area contributed by atoms with Crippen molar-refractivity contribution in [1.82, 2.24) is 9.55 Å². The van der Waals surface area contributed by atoms with E-state index in [0.717, 1.165) is 37.3 Å². The van der Waals surface area contributed by atoms with Gasteiger partial charge in [-0.25, -0.2) is 4.98 Å². The zero-order valence-electron chi connectivity index (χ0n) is 13.8. The lowest BCUT2D eigenvalue weighted by atomic mass is 9.87. The van der Waals surface area contributed by atoms with Crippen LogP contribution < -0.4 is 5.73 Å². The van der Waals surface area contributed by atoms with Crippen molar-refractivity contribution in [2.24, 2.45) is 22.7 Å². The van der Waals surface area contributed by atoms with Crippen LogP contribution in [-0.2, 0) is 10.2 Å². The van der Waals surface area contributed by atoms with Crippen LogP contribution in [0.5, 0.6) is 0 Å². The summed E-state index contributed by atoms with van der Waals surface area (Å²) >= 11 is 0. The van der Waals surface area contributed by atoms with Gasteiger partial charge in [0.2, 0.25) is 0 Å². The largest absolute Gasteiger partial charge is 0.334 e. The van der Waals surface area contributed by atoms with Crippen LogP contribution in [0.25, 0.3) is 0 Å². The van der Waals surface area contributed by atoms with E-state index in [9.17, 15) is 9.70 Å². The van der Waals surface area contributed by atoms with Gasteiger partial charge in [0.15, 0.2) is 0 Å². The molecule has 23 heavy (non-hydrogen) atoms. The van der Waals surface area contributed by atoms with Crippen LogP contribution in [0.3, 0.4) is 0 Å². The highest BCUT2D eigenvalue weighted by molar-refractivity contribution is 5.92. The van der Waals surface area contributed by atoms with Gasteiger partial charge in [-0.2, -0.15) is 0 Å². The van der Waals surface area contributed by atoms with E-state index in [1.54, 1.807) is 0 Å². The molecule has 2 aliphatic rings. The fourth-order valence-corrected chi connectivity index (χ4v) is 4.12. The first kappa shape index (κ1) is 16.3. The summed E-state index contributed by atoms with van der Waals surface area (Å²) in [6, 6.07) is 0.463. The van der Waals surface area contributed by atoms with Crippen molar-refractivity contribution in [2.75, 3.05) is 6.54 Å². The topological polar surface area (TPSA) is 90.3 Å². The minimum Gasteiger partial charge on any atom is -0.334 e. The zero-order valence-corrected chi connectivity index (χ0v) is 13.8. The Kier molecular flexibility index (Phi) is 4.62. The Hall–Kier alpha value is -1.56. The molecule has 0 aliphatic heterocycles. The molecule has 1 heterocycles. The molecule has 1 amide bonds. The molecule has 2 unspecified atom stereocenters. The van der Waals surface area contributed by atoms with Crippen molar-refractivity contribution in [1.29, 1.82) is 0 Å². The van der Waals surface area contributed by atoms with E-state index in [4.69, 9.17) is 5.73 Å². The highest BCUT2D eigenvalue weighted by atomic mass is 16.3. The van der Waals surface area contributed by atoms with Gasteiger partial charge in [-0.15, -0.1) is 4.91 Å². The predicted molar refractivity (Wildman–Crippen MR) is 87.8 cm³/mol. The Morgan fingerprint density at radius 1 is 1.43 bits per heavy atom. The number of nitroso groups, excluding NO2 is 1. The molecule has 0 saturated heterocycles. The van der Waals surface area contributed by atoms with E-state index < -0.39 is 11.3 Å². The number of imidazole rings is 1. The van der Waals surface area contributed by atoms with Gasteiger partial charge in [-0.05, 0) is 63.3 Å². The highest BCUT2D eigenvalue weighted by Crippen LogP contribution is 2.57. The van der Waals surface area contributed by atoms with Crippen LogP contribution in [-0.4, -0.2) is 22.0 Å². The van der Waals surface area contributed by atoms with Crippen molar-refractivity contribution in [3.8, 4) is 0 Å². The number of hydrogen-bond acceptors (Lipinski definition) is 4. The van der Waals surface area contributed by atoms with Gasteiger partial charge in [-0.3, -0.25) is 4.79 Å². The standard InChI is InChI=1S/C17H26N4O2/c1-12-4-6-14(7-5-12)21-10-15(19-11-21)17(16(22)20-23)9-13(17)3-2-8-18/h10-14H,2-9,18H2,1H3. The van der Waals surface area contributed by atoms with E-state index in [0.29, 0.717) is 19.0 Å². The number of carbonyl (C=O) groups excluding carboxylic acids is 1. The van der Waals surface area contributed by atoms with Gasteiger partial charge in [0.25, 0.3) is 5.91 Å². The number of amides is 1. The summed E-state index contributed by atoms with van der Waals surface area (Å²) < 4.78 is 2.14. The van der Waals surface area contributed by atoms with E-state index in [1.165, 1.54) is 12.8 Å². The third kappa shape index (κ3) is 2.96. The maximum atomic E-state index is 12.1. The molecular weight excluding hydrogens is 292 g/mol. The van der Waals surface area contributed by atoms with Crippen molar-refractivity contribution in [3.05, 3.63) is 23.1 Å². The van der Waals surface area contributed by atoms with Crippen LogP contribution >= 0.6 is 0 Å². The normalized spacial score (nSPS) is 33.4. The summed E-state index contributed by atoms with van der Waals surface area (Å²) in [5.74, 6) is 0.388. The Morgan fingerprint density at radius 2 is 2.17 bits per heavy atom. The minimum atomic E-state index is -0.774. The number of nitrogens with zero attached hydrogens (tertiary/aromatic N) is 3. The lowest BCUT2D eigenvalue weighted by Crippen LogP contribution is -2.22.